The number of carbonyl (C=O) groups excluding carboxylic acids is 2. The minimum atomic E-state index is -2.36. The van der Waals surface area contributed by atoms with Crippen molar-refractivity contribution in [1.29, 1.82) is 0 Å². The van der Waals surface area contributed by atoms with Crippen LogP contribution in [0.2, 0.25) is 0 Å². The molecule has 0 amide bonds. The molecule has 1 aromatic rings. The van der Waals surface area contributed by atoms with E-state index in [4.69, 9.17) is 14.2 Å². The highest BCUT2D eigenvalue weighted by Gasteiger charge is 2.63. The van der Waals surface area contributed by atoms with E-state index >= 15 is 0 Å². The molecular formula is C30H31NO8. The van der Waals surface area contributed by atoms with Gasteiger partial charge in [-0.2, -0.15) is 0 Å². The maximum Gasteiger partial charge on any atom is 0.333 e. The number of fused-ring (bicyclic) bond motifs is 5. The number of nitrogens with zero attached hydrogens (tertiary/aromatic N) is 1. The number of ketones is 1. The van der Waals surface area contributed by atoms with Gasteiger partial charge in [-0.25, -0.2) is 4.79 Å². The van der Waals surface area contributed by atoms with Gasteiger partial charge in [-0.3, -0.25) is 9.59 Å². The Bertz CT molecular complexity index is 1630. The molecule has 9 heteroatoms. The Balaban J connectivity index is 1.55. The van der Waals surface area contributed by atoms with E-state index in [2.05, 4.69) is 11.5 Å². The fourth-order valence-corrected chi connectivity index (χ4v) is 6.26. The Hall–Kier alpha value is -3.53. The quantitative estimate of drug-likeness (QED) is 0.433. The van der Waals surface area contributed by atoms with Gasteiger partial charge in [-0.05, 0) is 65.2 Å². The standard InChI is InChI=1S/C30H31NO8/c1-7-12(2)28(35)38-26-16(6)37-29-30(36,27(26)34)23-20(32)11-19-21(14(4)25(23)39-29)18-10-13(3)31(17-8-9-17)15(5)22(18)24(19)33/h7,10-11,16-17,26-27,29,34,36H,4,8-9H2,1-3,5-6H3. The lowest BCUT2D eigenvalue weighted by molar-refractivity contribution is -0.309. The first-order valence-electron chi connectivity index (χ1n) is 13.2. The summed E-state index contributed by atoms with van der Waals surface area (Å²) in [6.07, 6.45) is 0.244. The third-order valence-corrected chi connectivity index (χ3v) is 8.52. The zero-order valence-corrected chi connectivity index (χ0v) is 22.5. The number of esters is 1. The number of aliphatic hydroxyl groups excluding tert-OH is 1. The Morgan fingerprint density at radius 3 is 2.62 bits per heavy atom. The summed E-state index contributed by atoms with van der Waals surface area (Å²) < 4.78 is 17.3. The van der Waals surface area contributed by atoms with Crippen LogP contribution in [0.15, 0.2) is 45.6 Å². The summed E-state index contributed by atoms with van der Waals surface area (Å²) in [6.45, 7) is 12.9. The second-order valence-corrected chi connectivity index (χ2v) is 11.0. The highest BCUT2D eigenvalue weighted by molar-refractivity contribution is 6.23. The molecule has 0 bridgehead atoms. The number of Topliss-reactive ketones (excluding diaryl/α,β-unsaturated/α-hetero) is 1. The van der Waals surface area contributed by atoms with E-state index in [9.17, 15) is 24.6 Å². The van der Waals surface area contributed by atoms with Gasteiger partial charge in [0.05, 0.1) is 11.7 Å². The van der Waals surface area contributed by atoms with Crippen LogP contribution < -0.4 is 20.6 Å². The zero-order chi connectivity index (χ0) is 28.1. The van der Waals surface area contributed by atoms with Gasteiger partial charge in [0.1, 0.15) is 11.9 Å². The molecule has 204 valence electrons. The minimum absolute atomic E-state index is 0.0495. The fourth-order valence-electron chi connectivity index (χ4n) is 6.26. The van der Waals surface area contributed by atoms with E-state index < -0.39 is 41.6 Å². The van der Waals surface area contributed by atoms with Gasteiger partial charge < -0.3 is 29.3 Å². The molecule has 39 heavy (non-hydrogen) atoms. The van der Waals surface area contributed by atoms with Crippen LogP contribution >= 0.6 is 0 Å². The molecule has 1 saturated carbocycles. The summed E-state index contributed by atoms with van der Waals surface area (Å²) in [5.74, 6) is -1.03. The van der Waals surface area contributed by atoms with Crippen LogP contribution in [0.5, 0.6) is 5.75 Å². The lowest BCUT2D eigenvalue weighted by Gasteiger charge is -2.44. The summed E-state index contributed by atoms with van der Waals surface area (Å²) in [5, 5.41) is 23.9. The summed E-state index contributed by atoms with van der Waals surface area (Å²) in [5.41, 5.74) is 0.125. The second-order valence-electron chi connectivity index (χ2n) is 11.0. The number of ether oxygens (including phenoxy) is 3. The van der Waals surface area contributed by atoms with Crippen LogP contribution in [0.4, 0.5) is 0 Å². The van der Waals surface area contributed by atoms with E-state index in [-0.39, 0.29) is 27.9 Å². The molecular weight excluding hydrogens is 502 g/mol. The number of rotatable bonds is 3. The van der Waals surface area contributed by atoms with Gasteiger partial charge >= 0.3 is 5.97 Å². The van der Waals surface area contributed by atoms with Crippen molar-refractivity contribution in [3.05, 3.63) is 72.5 Å². The van der Waals surface area contributed by atoms with Gasteiger partial charge in [0.2, 0.25) is 6.29 Å². The van der Waals surface area contributed by atoms with Gasteiger partial charge in [-0.15, -0.1) is 0 Å². The smallest absolute Gasteiger partial charge is 0.333 e. The molecule has 5 aliphatic rings. The van der Waals surface area contributed by atoms with Crippen LogP contribution in [0.3, 0.4) is 0 Å². The Morgan fingerprint density at radius 2 is 1.97 bits per heavy atom. The maximum absolute atomic E-state index is 13.7. The van der Waals surface area contributed by atoms with E-state index in [1.165, 1.54) is 6.07 Å². The molecule has 1 saturated heterocycles. The van der Waals surface area contributed by atoms with Crippen molar-refractivity contribution in [3.8, 4) is 5.75 Å². The van der Waals surface area contributed by atoms with Crippen molar-refractivity contribution < 1.29 is 34.0 Å². The Labute approximate surface area is 225 Å². The first-order chi connectivity index (χ1) is 18.4. The molecule has 5 atom stereocenters. The van der Waals surface area contributed by atoms with Crippen molar-refractivity contribution in [1.82, 2.24) is 4.90 Å². The van der Waals surface area contributed by atoms with Crippen molar-refractivity contribution in [3.63, 3.8) is 0 Å². The van der Waals surface area contributed by atoms with Gasteiger partial charge in [0, 0.05) is 44.6 Å². The molecule has 5 unspecified atom stereocenters. The predicted molar refractivity (Wildman–Crippen MR) is 141 cm³/mol. The molecule has 2 aliphatic carbocycles. The fraction of sp³-hybridized carbons (Fsp3) is 0.433. The number of hydrogen-bond acceptors (Lipinski definition) is 9. The van der Waals surface area contributed by atoms with Gasteiger partial charge in [-0.1, -0.05) is 12.7 Å². The number of carbonyl (C=O) groups is 2. The molecule has 6 rings (SSSR count). The highest BCUT2D eigenvalue weighted by Crippen LogP contribution is 2.46. The average Bonchev–Trinajstić information content (AvgIpc) is 3.63. The third kappa shape index (κ3) is 3.39. The highest BCUT2D eigenvalue weighted by atomic mass is 16.7. The average molecular weight is 534 g/mol. The monoisotopic (exact) mass is 533 g/mol. The SMILES string of the molecule is C=c1c2c(c(=O)cc3c1=C1C=C(C)N(C4CC4)C(C)=C1C3=O)C1(O)C(O2)OC(C)C(OC(=O)C(C)=CC)C1O. The molecule has 9 nitrogen and oxygen atoms in total. The third-order valence-electron chi connectivity index (χ3n) is 8.52. The zero-order valence-electron chi connectivity index (χ0n) is 22.5. The van der Waals surface area contributed by atoms with Crippen LogP contribution in [0.25, 0.3) is 12.2 Å². The van der Waals surface area contributed by atoms with Crippen LogP contribution in [-0.4, -0.2) is 57.5 Å². The van der Waals surface area contributed by atoms with Crippen LogP contribution in [0.1, 0.15) is 63.4 Å². The second kappa shape index (κ2) is 8.48. The summed E-state index contributed by atoms with van der Waals surface area (Å²) in [7, 11) is 0. The van der Waals surface area contributed by atoms with Gasteiger partial charge in [0.25, 0.3) is 0 Å². The van der Waals surface area contributed by atoms with Crippen molar-refractivity contribution in [2.75, 3.05) is 0 Å². The minimum Gasteiger partial charge on any atom is -0.460 e. The first-order valence-corrected chi connectivity index (χ1v) is 13.2. The van der Waals surface area contributed by atoms with E-state index in [1.54, 1.807) is 26.8 Å². The molecule has 2 N–H and O–H groups in total. The number of allylic oxidation sites excluding steroid dienone is 5. The van der Waals surface area contributed by atoms with Crippen molar-refractivity contribution >= 4 is 23.9 Å². The molecule has 3 heterocycles. The largest absolute Gasteiger partial charge is 0.460 e. The van der Waals surface area contributed by atoms with E-state index in [0.717, 1.165) is 24.2 Å². The van der Waals surface area contributed by atoms with E-state index in [1.807, 2.05) is 19.9 Å². The van der Waals surface area contributed by atoms with Crippen molar-refractivity contribution in [2.24, 2.45) is 0 Å². The number of aliphatic hydroxyl groups is 2. The van der Waals surface area contributed by atoms with Crippen LogP contribution in [-0.2, 0) is 19.9 Å². The van der Waals surface area contributed by atoms with Gasteiger partial charge in [0.15, 0.2) is 22.9 Å². The summed E-state index contributed by atoms with van der Waals surface area (Å²) in [4.78, 5) is 42.1. The normalized spacial score (nSPS) is 31.3. The number of hydrogen-bond donors (Lipinski definition) is 2. The summed E-state index contributed by atoms with van der Waals surface area (Å²) >= 11 is 0. The summed E-state index contributed by atoms with van der Waals surface area (Å²) in [6, 6.07) is 1.54. The molecule has 1 aromatic carbocycles. The molecule has 0 aromatic heterocycles. The molecule has 2 fully saturated rings. The lowest BCUT2D eigenvalue weighted by Crippen LogP contribution is -2.64. The maximum atomic E-state index is 13.7. The van der Waals surface area contributed by atoms with E-state index in [0.29, 0.717) is 28.0 Å². The van der Waals surface area contributed by atoms with Crippen molar-refractivity contribution in [2.45, 2.75) is 83.7 Å². The van der Waals surface area contributed by atoms with Crippen LogP contribution in [0, 0.1) is 0 Å². The first kappa shape index (κ1) is 25.7. The molecule has 0 spiro atoms. The Morgan fingerprint density at radius 1 is 1.28 bits per heavy atom. The topological polar surface area (TPSA) is 123 Å². The lowest BCUT2D eigenvalue weighted by atomic mass is 9.82. The predicted octanol–water partition coefficient (Wildman–Crippen LogP) is 1.02. The molecule has 0 radical (unpaired) electrons. The molecule has 3 aliphatic heterocycles. The Kier molecular flexibility index (Phi) is 5.60.